The molecule has 1 unspecified atom stereocenters. The molecule has 1 N–H and O–H groups in total. The summed E-state index contributed by atoms with van der Waals surface area (Å²) in [7, 11) is 2.62. The molecule has 2 rings (SSSR count). The minimum atomic E-state index is 0.398. The van der Waals surface area contributed by atoms with E-state index in [1.165, 1.54) is 0 Å². The number of phenols is 1. The van der Waals surface area contributed by atoms with Crippen molar-refractivity contribution in [1.29, 1.82) is 0 Å². The summed E-state index contributed by atoms with van der Waals surface area (Å²) in [6.45, 7) is 7.25. The molecular formula is C11H16NO2P. The number of hydrogen-bond donors (Lipinski definition) is 1. The van der Waals surface area contributed by atoms with Gasteiger partial charge in [0.05, 0.1) is 0 Å². The highest BCUT2D eigenvalue weighted by Gasteiger charge is 2.22. The Balaban J connectivity index is 2.65. The number of hydrogen-bond acceptors (Lipinski definition) is 3. The molecule has 0 radical (unpaired) electrons. The molecular weight excluding hydrogens is 209 g/mol. The average molecular weight is 225 g/mol. The maximum Gasteiger partial charge on any atom is 0.145 e. The largest absolute Gasteiger partial charge is 0.507 e. The Hall–Kier alpha value is -0.790. The van der Waals surface area contributed by atoms with Gasteiger partial charge in [0.25, 0.3) is 0 Å². The highest BCUT2D eigenvalue weighted by Crippen LogP contribution is 2.39. The zero-order chi connectivity index (χ0) is 11.2. The van der Waals surface area contributed by atoms with Crippen LogP contribution in [-0.2, 0) is 6.54 Å². The third kappa shape index (κ3) is 1.60. The van der Waals surface area contributed by atoms with Gasteiger partial charge in [-0.1, -0.05) is 9.39 Å². The summed E-state index contributed by atoms with van der Waals surface area (Å²) >= 11 is 0. The van der Waals surface area contributed by atoms with Crippen molar-refractivity contribution in [1.82, 2.24) is 4.67 Å². The van der Waals surface area contributed by atoms with Crippen molar-refractivity contribution in [2.24, 2.45) is 0 Å². The lowest BCUT2D eigenvalue weighted by Crippen LogP contribution is -2.25. The van der Waals surface area contributed by atoms with E-state index in [0.717, 1.165) is 34.5 Å². The highest BCUT2D eigenvalue weighted by molar-refractivity contribution is 7.13. The molecule has 0 aromatic heterocycles. The number of aromatic hydroxyl groups is 1. The van der Waals surface area contributed by atoms with Gasteiger partial charge < -0.3 is 9.84 Å². The smallest absolute Gasteiger partial charge is 0.145 e. The molecule has 0 saturated carbocycles. The number of rotatable bonds is 0. The molecule has 0 spiro atoms. The molecule has 1 aliphatic heterocycles. The van der Waals surface area contributed by atoms with E-state index in [1.807, 2.05) is 25.4 Å². The number of nitrogens with zero attached hydrogens (tertiary/aromatic N) is 1. The van der Waals surface area contributed by atoms with Crippen LogP contribution < -0.4 is 4.74 Å². The minimum Gasteiger partial charge on any atom is -0.507 e. The van der Waals surface area contributed by atoms with E-state index in [2.05, 4.69) is 9.39 Å². The van der Waals surface area contributed by atoms with Gasteiger partial charge in [0.1, 0.15) is 18.2 Å². The summed E-state index contributed by atoms with van der Waals surface area (Å²) < 4.78 is 7.68. The first kappa shape index (κ1) is 10.7. The summed E-state index contributed by atoms with van der Waals surface area (Å²) in [5.41, 5.74) is 3.99. The van der Waals surface area contributed by atoms with Gasteiger partial charge in [-0.25, -0.2) is 0 Å². The monoisotopic (exact) mass is 225 g/mol. The molecule has 3 nitrogen and oxygen atoms in total. The second-order valence-electron chi connectivity index (χ2n) is 4.05. The van der Waals surface area contributed by atoms with E-state index in [9.17, 15) is 5.11 Å². The van der Waals surface area contributed by atoms with Crippen LogP contribution in [0.1, 0.15) is 22.3 Å². The Morgan fingerprint density at radius 1 is 1.20 bits per heavy atom. The highest BCUT2D eigenvalue weighted by atomic mass is 31.0. The first-order valence-corrected chi connectivity index (χ1v) is 5.48. The summed E-state index contributed by atoms with van der Waals surface area (Å²) in [5, 5.41) is 9.95. The van der Waals surface area contributed by atoms with Gasteiger partial charge in [-0.05, 0) is 37.5 Å². The fourth-order valence-electron chi connectivity index (χ4n) is 1.95. The zero-order valence-electron chi connectivity index (χ0n) is 9.29. The lowest BCUT2D eigenvalue weighted by atomic mass is 9.97. The van der Waals surface area contributed by atoms with Crippen molar-refractivity contribution < 1.29 is 9.84 Å². The Kier molecular flexibility index (Phi) is 2.61. The van der Waals surface area contributed by atoms with Crippen molar-refractivity contribution in [3.8, 4) is 11.5 Å². The predicted octanol–water partition coefficient (Wildman–Crippen LogP) is 2.26. The molecule has 15 heavy (non-hydrogen) atoms. The Morgan fingerprint density at radius 3 is 2.53 bits per heavy atom. The molecule has 4 heteroatoms. The van der Waals surface area contributed by atoms with Gasteiger partial charge in [-0.2, -0.15) is 0 Å². The third-order valence-corrected chi connectivity index (χ3v) is 3.41. The van der Waals surface area contributed by atoms with E-state index in [1.54, 1.807) is 0 Å². The van der Waals surface area contributed by atoms with Crippen LogP contribution in [0.4, 0.5) is 0 Å². The lowest BCUT2D eigenvalue weighted by molar-refractivity contribution is 0.177. The standard InChI is InChI=1S/C11H16NO2P/c1-6-7(2)11-9(8(3)10(6)13)4-12(15)5-14-11/h13H,4-5,15H2,1-3H3. The van der Waals surface area contributed by atoms with Gasteiger partial charge in [0.15, 0.2) is 0 Å². The molecule has 82 valence electrons. The van der Waals surface area contributed by atoms with Crippen LogP contribution in [0.2, 0.25) is 0 Å². The number of ether oxygens (including phenoxy) is 1. The molecule has 0 saturated heterocycles. The maximum absolute atomic E-state index is 9.95. The Bertz CT molecular complexity index is 418. The van der Waals surface area contributed by atoms with E-state index >= 15 is 0 Å². The first-order chi connectivity index (χ1) is 7.02. The molecule has 1 aromatic carbocycles. The molecule has 0 bridgehead atoms. The van der Waals surface area contributed by atoms with Crippen LogP contribution in [-0.4, -0.2) is 16.5 Å². The van der Waals surface area contributed by atoms with E-state index in [-0.39, 0.29) is 0 Å². The van der Waals surface area contributed by atoms with Gasteiger partial charge in [0.2, 0.25) is 0 Å². The van der Waals surface area contributed by atoms with Gasteiger partial charge in [0, 0.05) is 12.1 Å². The molecule has 0 aliphatic carbocycles. The zero-order valence-corrected chi connectivity index (χ0v) is 10.4. The van der Waals surface area contributed by atoms with Gasteiger partial charge >= 0.3 is 0 Å². The molecule has 0 amide bonds. The average Bonchev–Trinajstić information content (AvgIpc) is 2.23. The summed E-state index contributed by atoms with van der Waals surface area (Å²) in [6, 6.07) is 0. The predicted molar refractivity (Wildman–Crippen MR) is 63.1 cm³/mol. The van der Waals surface area contributed by atoms with Crippen LogP contribution >= 0.6 is 9.39 Å². The lowest BCUT2D eigenvalue weighted by Gasteiger charge is -2.29. The van der Waals surface area contributed by atoms with Gasteiger partial charge in [-0.3, -0.25) is 4.67 Å². The fourth-order valence-corrected chi connectivity index (χ4v) is 2.21. The number of phenolic OH excluding ortho intramolecular Hbond substituents is 1. The molecule has 1 heterocycles. The molecule has 1 atom stereocenters. The van der Waals surface area contributed by atoms with Crippen molar-refractivity contribution >= 4 is 9.39 Å². The minimum absolute atomic E-state index is 0.398. The molecule has 0 fully saturated rings. The third-order valence-electron chi connectivity index (χ3n) is 3.08. The van der Waals surface area contributed by atoms with Crippen molar-refractivity contribution in [3.05, 3.63) is 22.3 Å². The van der Waals surface area contributed by atoms with Crippen LogP contribution in [0.3, 0.4) is 0 Å². The second kappa shape index (κ2) is 3.66. The number of fused-ring (bicyclic) bond motifs is 1. The maximum atomic E-state index is 9.95. The quantitative estimate of drug-likeness (QED) is 0.687. The molecule has 1 aromatic rings. The number of benzene rings is 1. The van der Waals surface area contributed by atoms with E-state index in [4.69, 9.17) is 4.74 Å². The van der Waals surface area contributed by atoms with Crippen molar-refractivity contribution in [3.63, 3.8) is 0 Å². The fraction of sp³-hybridized carbons (Fsp3) is 0.455. The van der Waals surface area contributed by atoms with Crippen LogP contribution in [0.25, 0.3) is 0 Å². The first-order valence-electron chi connectivity index (χ1n) is 4.96. The van der Waals surface area contributed by atoms with Crippen molar-refractivity contribution in [2.45, 2.75) is 27.3 Å². The van der Waals surface area contributed by atoms with Gasteiger partial charge in [-0.15, -0.1) is 0 Å². The normalized spacial score (nSPS) is 16.0. The van der Waals surface area contributed by atoms with E-state index < -0.39 is 0 Å². The van der Waals surface area contributed by atoms with Crippen LogP contribution in [0.15, 0.2) is 0 Å². The summed E-state index contributed by atoms with van der Waals surface area (Å²) in [4.78, 5) is 0. The summed E-state index contributed by atoms with van der Waals surface area (Å²) in [5.74, 6) is 1.34. The second-order valence-corrected chi connectivity index (χ2v) is 4.78. The SMILES string of the molecule is Cc1c(C)c2c(c(C)c1O)CN(P)CO2. The Morgan fingerprint density at radius 2 is 1.87 bits per heavy atom. The van der Waals surface area contributed by atoms with Crippen molar-refractivity contribution in [2.75, 3.05) is 6.73 Å². The topological polar surface area (TPSA) is 32.7 Å². The van der Waals surface area contributed by atoms with E-state index in [0.29, 0.717) is 12.5 Å². The van der Waals surface area contributed by atoms with Crippen LogP contribution in [0, 0.1) is 20.8 Å². The van der Waals surface area contributed by atoms with Crippen LogP contribution in [0.5, 0.6) is 11.5 Å². The Labute approximate surface area is 92.3 Å². The summed E-state index contributed by atoms with van der Waals surface area (Å²) in [6.07, 6.45) is 0. The molecule has 1 aliphatic rings.